The number of hydrogen-bond donors (Lipinski definition) is 1. The molecule has 1 aromatic heterocycles. The Balaban J connectivity index is 2.34. The molecular formula is C18H26N2. The first-order valence-electron chi connectivity index (χ1n) is 7.82. The number of pyridine rings is 1. The van der Waals surface area contributed by atoms with Gasteiger partial charge in [-0.3, -0.25) is 4.98 Å². The lowest BCUT2D eigenvalue weighted by molar-refractivity contribution is 0.404. The van der Waals surface area contributed by atoms with Crippen LogP contribution >= 0.6 is 0 Å². The van der Waals surface area contributed by atoms with Gasteiger partial charge >= 0.3 is 0 Å². The Morgan fingerprint density at radius 2 is 2.05 bits per heavy atom. The zero-order valence-corrected chi connectivity index (χ0v) is 12.9. The Morgan fingerprint density at radius 3 is 2.80 bits per heavy atom. The molecule has 0 aliphatic carbocycles. The Morgan fingerprint density at radius 1 is 1.20 bits per heavy atom. The van der Waals surface area contributed by atoms with Gasteiger partial charge in [0.25, 0.3) is 0 Å². The third-order valence-electron chi connectivity index (χ3n) is 4.07. The molecule has 0 fully saturated rings. The van der Waals surface area contributed by atoms with Gasteiger partial charge in [0.15, 0.2) is 0 Å². The first kappa shape index (κ1) is 15.0. The average molecular weight is 270 g/mol. The molecule has 1 aromatic carbocycles. The average Bonchev–Trinajstić information content (AvgIpc) is 2.50. The highest BCUT2D eigenvalue weighted by atomic mass is 14.9. The SMILES string of the molecule is CCCNC(CC(C)CC)c1cccc2cnccc12. The van der Waals surface area contributed by atoms with E-state index in [1.54, 1.807) is 0 Å². The summed E-state index contributed by atoms with van der Waals surface area (Å²) < 4.78 is 0. The highest BCUT2D eigenvalue weighted by molar-refractivity contribution is 5.85. The number of rotatable bonds is 7. The quantitative estimate of drug-likeness (QED) is 0.788. The summed E-state index contributed by atoms with van der Waals surface area (Å²) in [4.78, 5) is 4.23. The van der Waals surface area contributed by atoms with Crippen molar-refractivity contribution in [2.75, 3.05) is 6.54 Å². The van der Waals surface area contributed by atoms with Crippen LogP contribution in [0.15, 0.2) is 36.7 Å². The van der Waals surface area contributed by atoms with Crippen LogP contribution < -0.4 is 5.32 Å². The van der Waals surface area contributed by atoms with Crippen molar-refractivity contribution in [1.82, 2.24) is 10.3 Å². The van der Waals surface area contributed by atoms with Crippen LogP contribution in [0.25, 0.3) is 10.8 Å². The maximum atomic E-state index is 4.23. The maximum Gasteiger partial charge on any atom is 0.0346 e. The third kappa shape index (κ3) is 3.57. The topological polar surface area (TPSA) is 24.9 Å². The van der Waals surface area contributed by atoms with Crippen LogP contribution in [0.5, 0.6) is 0 Å². The van der Waals surface area contributed by atoms with Crippen molar-refractivity contribution >= 4 is 10.8 Å². The van der Waals surface area contributed by atoms with E-state index < -0.39 is 0 Å². The Hall–Kier alpha value is -1.41. The molecular weight excluding hydrogens is 244 g/mol. The molecule has 108 valence electrons. The Bertz CT molecular complexity index is 530. The van der Waals surface area contributed by atoms with E-state index >= 15 is 0 Å². The molecule has 2 nitrogen and oxygen atoms in total. The minimum atomic E-state index is 0.441. The molecule has 2 unspecified atom stereocenters. The number of nitrogens with one attached hydrogen (secondary N) is 1. The van der Waals surface area contributed by atoms with Gasteiger partial charge in [0.1, 0.15) is 0 Å². The van der Waals surface area contributed by atoms with Gasteiger partial charge in [-0.1, -0.05) is 45.4 Å². The summed E-state index contributed by atoms with van der Waals surface area (Å²) >= 11 is 0. The molecule has 0 amide bonds. The first-order chi connectivity index (χ1) is 9.76. The number of aromatic nitrogens is 1. The van der Waals surface area contributed by atoms with Crippen molar-refractivity contribution in [2.24, 2.45) is 5.92 Å². The molecule has 0 saturated carbocycles. The van der Waals surface area contributed by atoms with Crippen LogP contribution in [0.2, 0.25) is 0 Å². The summed E-state index contributed by atoms with van der Waals surface area (Å²) in [5.74, 6) is 0.737. The number of nitrogens with zero attached hydrogens (tertiary/aromatic N) is 1. The van der Waals surface area contributed by atoms with Crippen molar-refractivity contribution in [3.8, 4) is 0 Å². The third-order valence-corrected chi connectivity index (χ3v) is 4.07. The van der Waals surface area contributed by atoms with E-state index in [4.69, 9.17) is 0 Å². The predicted octanol–water partition coefficient (Wildman–Crippen LogP) is 4.71. The lowest BCUT2D eigenvalue weighted by Crippen LogP contribution is -2.24. The van der Waals surface area contributed by atoms with Crippen LogP contribution in [-0.2, 0) is 0 Å². The lowest BCUT2D eigenvalue weighted by atomic mass is 9.91. The first-order valence-corrected chi connectivity index (χ1v) is 7.82. The molecule has 2 heteroatoms. The highest BCUT2D eigenvalue weighted by Crippen LogP contribution is 2.28. The van der Waals surface area contributed by atoms with Gasteiger partial charge in [-0.2, -0.15) is 0 Å². The summed E-state index contributed by atoms with van der Waals surface area (Å²) in [7, 11) is 0. The molecule has 2 atom stereocenters. The van der Waals surface area contributed by atoms with Crippen LogP contribution in [0, 0.1) is 5.92 Å². The molecule has 0 radical (unpaired) electrons. The fraction of sp³-hybridized carbons (Fsp3) is 0.500. The van der Waals surface area contributed by atoms with Gasteiger partial charge in [-0.15, -0.1) is 0 Å². The summed E-state index contributed by atoms with van der Waals surface area (Å²) in [6, 6.07) is 9.14. The minimum absolute atomic E-state index is 0.441. The van der Waals surface area contributed by atoms with Gasteiger partial charge < -0.3 is 5.32 Å². The normalized spacial score (nSPS) is 14.3. The van der Waals surface area contributed by atoms with Crippen LogP contribution in [-0.4, -0.2) is 11.5 Å². The number of benzene rings is 1. The van der Waals surface area contributed by atoms with Crippen LogP contribution in [0.4, 0.5) is 0 Å². The zero-order chi connectivity index (χ0) is 14.4. The van der Waals surface area contributed by atoms with E-state index in [0.717, 1.165) is 12.5 Å². The largest absolute Gasteiger partial charge is 0.310 e. The number of fused-ring (bicyclic) bond motifs is 1. The van der Waals surface area contributed by atoms with E-state index in [-0.39, 0.29) is 0 Å². The predicted molar refractivity (Wildman–Crippen MR) is 86.8 cm³/mol. The fourth-order valence-electron chi connectivity index (χ4n) is 2.66. The molecule has 1 heterocycles. The maximum absolute atomic E-state index is 4.23. The molecule has 0 aliphatic rings. The van der Waals surface area contributed by atoms with E-state index in [2.05, 4.69) is 55.3 Å². The second-order valence-electron chi connectivity index (χ2n) is 5.70. The van der Waals surface area contributed by atoms with Crippen molar-refractivity contribution in [3.63, 3.8) is 0 Å². The van der Waals surface area contributed by atoms with Gasteiger partial charge in [0.2, 0.25) is 0 Å². The van der Waals surface area contributed by atoms with E-state index in [9.17, 15) is 0 Å². The van der Waals surface area contributed by atoms with E-state index in [0.29, 0.717) is 6.04 Å². The molecule has 2 rings (SSSR count). The summed E-state index contributed by atoms with van der Waals surface area (Å²) in [6.07, 6.45) is 7.45. The zero-order valence-electron chi connectivity index (χ0n) is 12.9. The summed E-state index contributed by atoms with van der Waals surface area (Å²) in [6.45, 7) is 7.91. The summed E-state index contributed by atoms with van der Waals surface area (Å²) in [5, 5.41) is 6.29. The standard InChI is InChI=1S/C18H26N2/c1-4-10-20-18(12-14(3)5-2)17-8-6-7-15-13-19-11-9-16(15)17/h6-9,11,13-14,18,20H,4-5,10,12H2,1-3H3. The van der Waals surface area contributed by atoms with Crippen molar-refractivity contribution in [1.29, 1.82) is 0 Å². The fourth-order valence-corrected chi connectivity index (χ4v) is 2.66. The van der Waals surface area contributed by atoms with Gasteiger partial charge in [-0.05, 0) is 42.3 Å². The van der Waals surface area contributed by atoms with E-state index in [1.165, 1.54) is 35.6 Å². The second kappa shape index (κ2) is 7.39. The van der Waals surface area contributed by atoms with Crippen LogP contribution in [0.1, 0.15) is 51.6 Å². The monoisotopic (exact) mass is 270 g/mol. The molecule has 20 heavy (non-hydrogen) atoms. The van der Waals surface area contributed by atoms with Crippen molar-refractivity contribution < 1.29 is 0 Å². The Labute approximate surface area is 122 Å². The van der Waals surface area contributed by atoms with Gasteiger partial charge in [0.05, 0.1) is 0 Å². The highest BCUT2D eigenvalue weighted by Gasteiger charge is 2.16. The molecule has 2 aromatic rings. The Kier molecular flexibility index (Phi) is 5.54. The van der Waals surface area contributed by atoms with Crippen LogP contribution in [0.3, 0.4) is 0 Å². The molecule has 0 spiro atoms. The van der Waals surface area contributed by atoms with Gasteiger partial charge in [0, 0.05) is 23.8 Å². The van der Waals surface area contributed by atoms with Crippen molar-refractivity contribution in [3.05, 3.63) is 42.2 Å². The second-order valence-corrected chi connectivity index (χ2v) is 5.70. The smallest absolute Gasteiger partial charge is 0.0346 e. The summed E-state index contributed by atoms with van der Waals surface area (Å²) in [5.41, 5.74) is 1.42. The van der Waals surface area contributed by atoms with Crippen molar-refractivity contribution in [2.45, 2.75) is 46.1 Å². The molecule has 0 bridgehead atoms. The molecule has 0 saturated heterocycles. The van der Waals surface area contributed by atoms with Gasteiger partial charge in [-0.25, -0.2) is 0 Å². The molecule has 0 aliphatic heterocycles. The van der Waals surface area contributed by atoms with E-state index in [1.807, 2.05) is 12.4 Å². The molecule has 1 N–H and O–H groups in total. The number of hydrogen-bond acceptors (Lipinski definition) is 2. The lowest BCUT2D eigenvalue weighted by Gasteiger charge is -2.23. The minimum Gasteiger partial charge on any atom is -0.310 e.